The van der Waals surface area contributed by atoms with Gasteiger partial charge in [0.25, 0.3) is 0 Å². The summed E-state index contributed by atoms with van der Waals surface area (Å²) in [7, 11) is 2.59. The Balaban J connectivity index is 0.987. The molecule has 0 spiro atoms. The summed E-state index contributed by atoms with van der Waals surface area (Å²) in [6.07, 6.45) is 8.29. The van der Waals surface area contributed by atoms with Gasteiger partial charge in [-0.3, -0.25) is 19.0 Å². The molecule has 308 valence electrons. The number of ether oxygens (including phenoxy) is 2. The molecular weight excluding hydrogens is 751 g/mol. The van der Waals surface area contributed by atoms with E-state index in [1.807, 2.05) is 56.2 Å². The average Bonchev–Trinajstić information content (AvgIpc) is 4.09. The van der Waals surface area contributed by atoms with Crippen LogP contribution >= 0.6 is 0 Å². The summed E-state index contributed by atoms with van der Waals surface area (Å²) in [6.45, 7) is 8.84. The van der Waals surface area contributed by atoms with Crippen molar-refractivity contribution < 1.29 is 28.7 Å². The largest absolute Gasteiger partial charge is 0.453 e. The molecule has 15 nitrogen and oxygen atoms in total. The molecule has 8 rings (SSSR count). The number of aromatic amines is 1. The van der Waals surface area contributed by atoms with Crippen molar-refractivity contribution in [1.29, 1.82) is 0 Å². The Labute approximate surface area is 342 Å². The quantitative estimate of drug-likeness (QED) is 0.141. The number of fused-ring (bicyclic) bond motifs is 5. The Bertz CT molecular complexity index is 2520. The van der Waals surface area contributed by atoms with Crippen LogP contribution in [0.5, 0.6) is 0 Å². The highest BCUT2D eigenvalue weighted by atomic mass is 16.5. The first kappa shape index (κ1) is 39.6. The van der Waals surface area contributed by atoms with E-state index in [2.05, 4.69) is 62.5 Å². The Morgan fingerprint density at radius 3 is 2.08 bits per heavy atom. The molecule has 15 heteroatoms. The lowest BCUT2D eigenvalue weighted by molar-refractivity contribution is -0.135. The second-order valence-corrected chi connectivity index (χ2v) is 16.4. The van der Waals surface area contributed by atoms with Crippen molar-refractivity contribution in [2.45, 2.75) is 84.0 Å². The van der Waals surface area contributed by atoms with Gasteiger partial charge in [-0.2, -0.15) is 0 Å². The van der Waals surface area contributed by atoms with Crippen LogP contribution in [0, 0.1) is 11.8 Å². The molecule has 0 unspecified atom stereocenters. The monoisotopic (exact) mass is 801 g/mol. The van der Waals surface area contributed by atoms with Crippen LogP contribution in [0.3, 0.4) is 0 Å². The van der Waals surface area contributed by atoms with Crippen molar-refractivity contribution in [3.8, 4) is 11.3 Å². The molecule has 2 aromatic carbocycles. The lowest BCUT2D eigenvalue weighted by atomic mass is 9.97. The van der Waals surface area contributed by atoms with Crippen LogP contribution in [0.25, 0.3) is 44.2 Å². The normalized spacial score (nSPS) is 19.1. The molecule has 4 atom stereocenters. The zero-order valence-corrected chi connectivity index (χ0v) is 34.3. The summed E-state index contributed by atoms with van der Waals surface area (Å²) in [6, 6.07) is 13.1. The Morgan fingerprint density at radius 2 is 1.42 bits per heavy atom. The van der Waals surface area contributed by atoms with Crippen molar-refractivity contribution in [2.75, 3.05) is 27.3 Å². The number of alkyl carbamates (subject to hydrolysis) is 2. The molecule has 3 aliphatic rings. The standard InChI is InChI=1S/C44H51N9O6/c1-24(2)38(49-43(56)58-5)41(54)51-15-7-9-35(51)32-19-29(21-45-32)26-11-13-30-31(18-26)47-23-53-34-14-12-27(17-28(34)20-37(30)53)33-22-46-40(48-33)36-10-8-16-52(36)42(55)39(25(3)4)50-44(57)59-6/h11-14,17-18,20-25,35-36,38-39H,7-10,15-16,19H2,1-6H3,(H,46,48)(H,49,56)(H,50,57)/t35-,36-,38-,39-/m0/s1. The number of nitrogens with zero attached hydrogens (tertiary/aromatic N) is 6. The maximum Gasteiger partial charge on any atom is 0.407 e. The summed E-state index contributed by atoms with van der Waals surface area (Å²) in [5.74, 6) is 0.255. The number of hydrogen-bond acceptors (Lipinski definition) is 9. The molecule has 3 aliphatic heterocycles. The van der Waals surface area contributed by atoms with Crippen LogP contribution in [0.4, 0.5) is 9.59 Å². The number of aromatic nitrogens is 4. The number of carbonyl (C=O) groups excluding carboxylic acids is 4. The van der Waals surface area contributed by atoms with Crippen molar-refractivity contribution in [1.82, 2.24) is 39.8 Å². The molecule has 3 aromatic heterocycles. The van der Waals surface area contributed by atoms with Crippen LogP contribution in [0.2, 0.25) is 0 Å². The molecule has 0 bridgehead atoms. The van der Waals surface area contributed by atoms with E-state index in [4.69, 9.17) is 24.4 Å². The van der Waals surface area contributed by atoms with Crippen molar-refractivity contribution in [2.24, 2.45) is 16.8 Å². The summed E-state index contributed by atoms with van der Waals surface area (Å²) >= 11 is 0. The second kappa shape index (κ2) is 16.2. The second-order valence-electron chi connectivity index (χ2n) is 16.4. The fraction of sp³-hybridized carbons (Fsp3) is 0.432. The predicted octanol–water partition coefficient (Wildman–Crippen LogP) is 6.63. The van der Waals surface area contributed by atoms with E-state index in [0.717, 1.165) is 86.9 Å². The first-order valence-corrected chi connectivity index (χ1v) is 20.4. The van der Waals surface area contributed by atoms with Crippen LogP contribution < -0.4 is 10.6 Å². The number of likely N-dealkylation sites (tertiary alicyclic amines) is 2. The number of rotatable bonds is 10. The maximum atomic E-state index is 13.7. The highest BCUT2D eigenvalue weighted by molar-refractivity contribution is 6.06. The molecule has 59 heavy (non-hydrogen) atoms. The molecule has 0 saturated carbocycles. The number of H-pyrrole nitrogens is 1. The first-order valence-electron chi connectivity index (χ1n) is 20.4. The summed E-state index contributed by atoms with van der Waals surface area (Å²) < 4.78 is 11.7. The topological polar surface area (TPSA) is 176 Å². The number of imidazole rings is 1. The van der Waals surface area contributed by atoms with Gasteiger partial charge < -0.3 is 34.9 Å². The zero-order valence-electron chi connectivity index (χ0n) is 34.3. The molecule has 2 fully saturated rings. The van der Waals surface area contributed by atoms with Crippen LogP contribution in [0.1, 0.15) is 77.2 Å². The van der Waals surface area contributed by atoms with Gasteiger partial charge >= 0.3 is 12.2 Å². The summed E-state index contributed by atoms with van der Waals surface area (Å²) in [5.41, 5.74) is 7.82. The van der Waals surface area contributed by atoms with Crippen LogP contribution in [-0.2, 0) is 19.1 Å². The molecule has 0 radical (unpaired) electrons. The number of carbonyl (C=O) groups is 4. The Morgan fingerprint density at radius 1 is 0.780 bits per heavy atom. The van der Waals surface area contributed by atoms with Gasteiger partial charge in [0.1, 0.15) is 24.2 Å². The lowest BCUT2D eigenvalue weighted by Gasteiger charge is -2.31. The van der Waals surface area contributed by atoms with Crippen molar-refractivity contribution in [3.63, 3.8) is 0 Å². The third-order valence-corrected chi connectivity index (χ3v) is 12.0. The number of benzene rings is 2. The van der Waals surface area contributed by atoms with E-state index in [-0.39, 0.29) is 35.7 Å². The minimum atomic E-state index is -0.697. The molecule has 5 aromatic rings. The highest BCUT2D eigenvalue weighted by Crippen LogP contribution is 2.36. The smallest absolute Gasteiger partial charge is 0.407 e. The number of hydrogen-bond donors (Lipinski definition) is 3. The van der Waals surface area contributed by atoms with Gasteiger partial charge in [0, 0.05) is 47.8 Å². The Hall–Kier alpha value is -6.25. The third kappa shape index (κ3) is 7.49. The highest BCUT2D eigenvalue weighted by Gasteiger charge is 2.39. The number of aliphatic imine (C=N–C) groups is 1. The van der Waals surface area contributed by atoms with E-state index in [9.17, 15) is 19.2 Å². The van der Waals surface area contributed by atoms with E-state index in [1.165, 1.54) is 14.2 Å². The Kier molecular flexibility index (Phi) is 10.9. The van der Waals surface area contributed by atoms with Crippen LogP contribution in [-0.4, -0.2) is 104 Å². The van der Waals surface area contributed by atoms with Gasteiger partial charge in [-0.15, -0.1) is 0 Å². The van der Waals surface area contributed by atoms with Gasteiger partial charge in [-0.05, 0) is 72.9 Å². The zero-order chi connectivity index (χ0) is 41.5. The molecule has 3 N–H and O–H groups in total. The third-order valence-electron chi connectivity index (χ3n) is 12.0. The average molecular weight is 802 g/mol. The van der Waals surface area contributed by atoms with Gasteiger partial charge in [-0.25, -0.2) is 19.6 Å². The van der Waals surface area contributed by atoms with Crippen molar-refractivity contribution >= 4 is 62.6 Å². The van der Waals surface area contributed by atoms with Gasteiger partial charge in [0.05, 0.1) is 54.7 Å². The fourth-order valence-corrected chi connectivity index (χ4v) is 8.84. The molecule has 0 aliphatic carbocycles. The van der Waals surface area contributed by atoms with E-state index in [0.29, 0.717) is 19.5 Å². The molecular formula is C44H51N9O6. The summed E-state index contributed by atoms with van der Waals surface area (Å²) in [5, 5.41) is 7.51. The number of allylic oxidation sites excluding steroid dienone is 1. The lowest BCUT2D eigenvalue weighted by Crippen LogP contribution is -2.53. The van der Waals surface area contributed by atoms with Gasteiger partial charge in [0.2, 0.25) is 11.8 Å². The minimum Gasteiger partial charge on any atom is -0.453 e. The van der Waals surface area contributed by atoms with Gasteiger partial charge in [0.15, 0.2) is 0 Å². The van der Waals surface area contributed by atoms with E-state index < -0.39 is 24.3 Å². The van der Waals surface area contributed by atoms with Crippen molar-refractivity contribution in [3.05, 3.63) is 72.6 Å². The van der Waals surface area contributed by atoms with Crippen LogP contribution in [0.15, 0.2) is 66.2 Å². The number of methoxy groups -OCH3 is 2. The SMILES string of the molecule is COC(=O)N[C@H](C(=O)N1CCC[C@H]1C1=NC=C(c2ccc3c(c2)ncn2c4ccc(-c5cnc([C@@H]6CCCN6C(=O)[C@@H](NC(=O)OC)C(C)C)[nH]5)cc4cc32)C1)C(C)C. The fourth-order valence-electron chi connectivity index (χ4n) is 8.84. The molecule has 4 amide bonds. The molecule has 2 saturated heterocycles. The maximum absolute atomic E-state index is 13.7. The molecule has 6 heterocycles. The van der Waals surface area contributed by atoms with E-state index in [1.54, 1.807) is 0 Å². The van der Waals surface area contributed by atoms with Gasteiger partial charge in [-0.1, -0.05) is 45.9 Å². The minimum absolute atomic E-state index is 0.0972. The summed E-state index contributed by atoms with van der Waals surface area (Å²) in [4.78, 5) is 72.9. The number of amides is 4. The predicted molar refractivity (Wildman–Crippen MR) is 225 cm³/mol. The first-order chi connectivity index (χ1) is 28.4. The number of nitrogens with one attached hydrogen (secondary N) is 3. The van der Waals surface area contributed by atoms with E-state index >= 15 is 0 Å².